The van der Waals surface area contributed by atoms with E-state index in [0.717, 1.165) is 27.5 Å². The van der Waals surface area contributed by atoms with Crippen molar-refractivity contribution < 1.29 is 4.74 Å². The Morgan fingerprint density at radius 1 is 1.10 bits per heavy atom. The Bertz CT molecular complexity index is 613. The van der Waals surface area contributed by atoms with Crippen molar-refractivity contribution in [3.05, 3.63) is 47.2 Å². The van der Waals surface area contributed by atoms with Gasteiger partial charge in [-0.2, -0.15) is 0 Å². The normalized spacial score (nSPS) is 12.5. The number of rotatable bonds is 5. The molecular weight excluding hydrogens is 284 g/mol. The number of pyridine rings is 1. The highest BCUT2D eigenvalue weighted by Gasteiger charge is 2.10. The van der Waals surface area contributed by atoms with Gasteiger partial charge in [0.05, 0.1) is 12.3 Å². The predicted octanol–water partition coefficient (Wildman–Crippen LogP) is 4.47. The van der Waals surface area contributed by atoms with Gasteiger partial charge in [0.2, 0.25) is 0 Å². The molecule has 1 aromatic heterocycles. The van der Waals surface area contributed by atoms with Crippen LogP contribution < -0.4 is 10.1 Å². The lowest BCUT2D eigenvalue weighted by molar-refractivity contribution is 0.241. The average molecular weight is 305 g/mol. The first-order valence-corrected chi connectivity index (χ1v) is 7.48. The van der Waals surface area contributed by atoms with Crippen LogP contribution in [0, 0.1) is 0 Å². The van der Waals surface area contributed by atoms with E-state index in [1.54, 1.807) is 6.20 Å². The van der Waals surface area contributed by atoms with Gasteiger partial charge in [0.15, 0.2) is 0 Å². The van der Waals surface area contributed by atoms with Crippen LogP contribution in [0.3, 0.4) is 0 Å². The van der Waals surface area contributed by atoms with Crippen molar-refractivity contribution in [3.8, 4) is 16.9 Å². The van der Waals surface area contributed by atoms with E-state index in [1.807, 2.05) is 39.2 Å². The SMILES string of the molecule is CNC(C)c1ccc(-c2cncc(OC(C)C)c2)cc1Cl. The summed E-state index contributed by atoms with van der Waals surface area (Å²) < 4.78 is 5.68. The third kappa shape index (κ3) is 3.96. The molecule has 0 amide bonds. The van der Waals surface area contributed by atoms with Crippen LogP contribution in [-0.4, -0.2) is 18.1 Å². The van der Waals surface area contributed by atoms with Crippen molar-refractivity contribution in [2.45, 2.75) is 32.9 Å². The van der Waals surface area contributed by atoms with Gasteiger partial charge in [-0.3, -0.25) is 4.98 Å². The van der Waals surface area contributed by atoms with Gasteiger partial charge in [-0.05, 0) is 51.1 Å². The summed E-state index contributed by atoms with van der Waals surface area (Å²) in [5, 5.41) is 3.95. The van der Waals surface area contributed by atoms with Gasteiger partial charge >= 0.3 is 0 Å². The third-order valence-electron chi connectivity index (χ3n) is 3.32. The number of halogens is 1. The van der Waals surface area contributed by atoms with E-state index in [4.69, 9.17) is 16.3 Å². The third-order valence-corrected chi connectivity index (χ3v) is 3.65. The topological polar surface area (TPSA) is 34.2 Å². The van der Waals surface area contributed by atoms with Crippen LogP contribution in [0.25, 0.3) is 11.1 Å². The molecule has 4 heteroatoms. The summed E-state index contributed by atoms with van der Waals surface area (Å²) in [6.45, 7) is 6.08. The summed E-state index contributed by atoms with van der Waals surface area (Å²) in [6, 6.07) is 8.29. The van der Waals surface area contributed by atoms with Crippen molar-refractivity contribution in [3.63, 3.8) is 0 Å². The highest BCUT2D eigenvalue weighted by Crippen LogP contribution is 2.30. The zero-order valence-corrected chi connectivity index (χ0v) is 13.6. The van der Waals surface area contributed by atoms with Gasteiger partial charge in [0.25, 0.3) is 0 Å². The molecule has 3 nitrogen and oxygen atoms in total. The molecule has 0 saturated carbocycles. The molecule has 1 N–H and O–H groups in total. The van der Waals surface area contributed by atoms with Crippen LogP contribution in [-0.2, 0) is 0 Å². The van der Waals surface area contributed by atoms with E-state index in [-0.39, 0.29) is 12.1 Å². The summed E-state index contributed by atoms with van der Waals surface area (Å²) in [7, 11) is 1.92. The molecule has 1 atom stereocenters. The lowest BCUT2D eigenvalue weighted by Gasteiger charge is -2.14. The first-order valence-electron chi connectivity index (χ1n) is 7.10. The fourth-order valence-electron chi connectivity index (χ4n) is 2.13. The summed E-state index contributed by atoms with van der Waals surface area (Å²) in [4.78, 5) is 4.24. The molecule has 0 fully saturated rings. The maximum Gasteiger partial charge on any atom is 0.138 e. The van der Waals surface area contributed by atoms with Crippen molar-refractivity contribution in [1.29, 1.82) is 0 Å². The van der Waals surface area contributed by atoms with E-state index in [9.17, 15) is 0 Å². The number of aromatic nitrogens is 1. The molecule has 1 heterocycles. The number of nitrogens with one attached hydrogen (secondary N) is 1. The van der Waals surface area contributed by atoms with E-state index < -0.39 is 0 Å². The average Bonchev–Trinajstić information content (AvgIpc) is 2.46. The Morgan fingerprint density at radius 2 is 1.86 bits per heavy atom. The molecule has 1 aromatic carbocycles. The smallest absolute Gasteiger partial charge is 0.138 e. The Morgan fingerprint density at radius 3 is 2.48 bits per heavy atom. The molecule has 2 aromatic rings. The Hall–Kier alpha value is -1.58. The molecule has 21 heavy (non-hydrogen) atoms. The molecule has 0 bridgehead atoms. The summed E-state index contributed by atoms with van der Waals surface area (Å²) in [5.41, 5.74) is 3.12. The van der Waals surface area contributed by atoms with E-state index in [0.29, 0.717) is 0 Å². The van der Waals surface area contributed by atoms with Crippen molar-refractivity contribution >= 4 is 11.6 Å². The molecule has 0 aliphatic heterocycles. The van der Waals surface area contributed by atoms with Gasteiger partial charge in [0, 0.05) is 22.8 Å². The Labute approximate surface area is 131 Å². The number of nitrogens with zero attached hydrogens (tertiary/aromatic N) is 1. The van der Waals surface area contributed by atoms with E-state index >= 15 is 0 Å². The minimum Gasteiger partial charge on any atom is -0.489 e. The van der Waals surface area contributed by atoms with E-state index in [2.05, 4.69) is 29.4 Å². The summed E-state index contributed by atoms with van der Waals surface area (Å²) in [5.74, 6) is 0.770. The van der Waals surface area contributed by atoms with Crippen LogP contribution in [0.5, 0.6) is 5.75 Å². The number of ether oxygens (including phenoxy) is 1. The molecule has 0 aliphatic carbocycles. The van der Waals surface area contributed by atoms with Gasteiger partial charge < -0.3 is 10.1 Å². The lowest BCUT2D eigenvalue weighted by Crippen LogP contribution is -2.12. The fraction of sp³-hybridized carbons (Fsp3) is 0.353. The molecule has 0 radical (unpaired) electrons. The second kappa shape index (κ2) is 6.92. The van der Waals surface area contributed by atoms with Crippen LogP contribution in [0.15, 0.2) is 36.7 Å². The Balaban J connectivity index is 2.32. The van der Waals surface area contributed by atoms with Gasteiger partial charge in [-0.25, -0.2) is 0 Å². The number of hydrogen-bond acceptors (Lipinski definition) is 3. The molecular formula is C17H21ClN2O. The molecule has 112 valence electrons. The van der Waals surface area contributed by atoms with Gasteiger partial charge in [0.1, 0.15) is 5.75 Å². The monoisotopic (exact) mass is 304 g/mol. The predicted molar refractivity (Wildman–Crippen MR) is 87.9 cm³/mol. The van der Waals surface area contributed by atoms with Crippen LogP contribution in [0.4, 0.5) is 0 Å². The maximum absolute atomic E-state index is 6.39. The number of hydrogen-bond donors (Lipinski definition) is 1. The largest absolute Gasteiger partial charge is 0.489 e. The second-order valence-electron chi connectivity index (χ2n) is 5.32. The molecule has 0 aliphatic rings. The maximum atomic E-state index is 6.39. The Kier molecular flexibility index (Phi) is 5.21. The minimum atomic E-state index is 0.129. The lowest BCUT2D eigenvalue weighted by atomic mass is 10.0. The zero-order chi connectivity index (χ0) is 15.4. The first kappa shape index (κ1) is 15.8. The van der Waals surface area contributed by atoms with Crippen LogP contribution >= 0.6 is 11.6 Å². The quantitative estimate of drug-likeness (QED) is 0.885. The molecule has 2 rings (SSSR count). The number of benzene rings is 1. The summed E-state index contributed by atoms with van der Waals surface area (Å²) >= 11 is 6.39. The standard InChI is InChI=1S/C17H21ClN2O/c1-11(2)21-15-7-14(9-20-10-15)13-5-6-16(12(3)19-4)17(18)8-13/h5-12,19H,1-4H3. The highest BCUT2D eigenvalue weighted by molar-refractivity contribution is 6.31. The molecule has 0 saturated heterocycles. The second-order valence-corrected chi connectivity index (χ2v) is 5.73. The molecule has 0 spiro atoms. The van der Waals surface area contributed by atoms with Crippen molar-refractivity contribution in [1.82, 2.24) is 10.3 Å². The van der Waals surface area contributed by atoms with Crippen LogP contribution in [0.1, 0.15) is 32.4 Å². The van der Waals surface area contributed by atoms with Gasteiger partial charge in [-0.1, -0.05) is 23.7 Å². The highest BCUT2D eigenvalue weighted by atomic mass is 35.5. The summed E-state index contributed by atoms with van der Waals surface area (Å²) in [6.07, 6.45) is 3.67. The fourth-order valence-corrected chi connectivity index (χ4v) is 2.47. The zero-order valence-electron chi connectivity index (χ0n) is 12.9. The van der Waals surface area contributed by atoms with E-state index in [1.165, 1.54) is 0 Å². The first-order chi connectivity index (χ1) is 10.0. The molecule has 1 unspecified atom stereocenters. The van der Waals surface area contributed by atoms with Crippen molar-refractivity contribution in [2.75, 3.05) is 7.05 Å². The van der Waals surface area contributed by atoms with Crippen molar-refractivity contribution in [2.24, 2.45) is 0 Å². The minimum absolute atomic E-state index is 0.129. The van der Waals surface area contributed by atoms with Crippen LogP contribution in [0.2, 0.25) is 5.02 Å². The van der Waals surface area contributed by atoms with Gasteiger partial charge in [-0.15, -0.1) is 0 Å².